The second-order valence-corrected chi connectivity index (χ2v) is 9.23. The van der Waals surface area contributed by atoms with E-state index in [1.165, 1.54) is 0 Å². The smallest absolute Gasteiger partial charge is 0.267 e. The molecule has 2 fully saturated rings. The first-order valence-corrected chi connectivity index (χ1v) is 10.2. The highest BCUT2D eigenvalue weighted by Crippen LogP contribution is 2.35. The lowest BCUT2D eigenvalue weighted by Crippen LogP contribution is -2.26. The lowest BCUT2D eigenvalue weighted by molar-refractivity contribution is 0.201. The summed E-state index contributed by atoms with van der Waals surface area (Å²) in [5.41, 5.74) is 0. The van der Waals surface area contributed by atoms with Gasteiger partial charge in [0.25, 0.3) is 20.2 Å². The number of hydrogen-bond donors (Lipinski definition) is 0. The molecule has 2 aliphatic carbocycles. The van der Waals surface area contributed by atoms with E-state index in [2.05, 4.69) is 0 Å². The maximum Gasteiger partial charge on any atom is 0.268 e. The minimum atomic E-state index is -3.82. The second-order valence-electron chi connectivity index (χ2n) is 5.80. The predicted molar refractivity (Wildman–Crippen MR) is 74.1 cm³/mol. The zero-order valence-electron chi connectivity index (χ0n) is 11.8. The Hall–Kier alpha value is -0.180. The van der Waals surface area contributed by atoms with Crippen LogP contribution >= 0.6 is 0 Å². The SMILES string of the molecule is CC(OS(=O)(=O)CCS(=O)(=O)OC(C)C1CC1)C1CC1. The zero-order chi connectivity index (χ0) is 15.0. The summed E-state index contributed by atoms with van der Waals surface area (Å²) in [6.07, 6.45) is 3.14. The summed E-state index contributed by atoms with van der Waals surface area (Å²) in [7, 11) is -7.64. The molecule has 6 nitrogen and oxygen atoms in total. The molecule has 0 N–H and O–H groups in total. The van der Waals surface area contributed by atoms with Crippen LogP contribution in [0.25, 0.3) is 0 Å². The topological polar surface area (TPSA) is 86.7 Å². The van der Waals surface area contributed by atoms with Crippen LogP contribution < -0.4 is 0 Å². The minimum absolute atomic E-state index is 0.285. The molecule has 8 heteroatoms. The highest BCUT2D eigenvalue weighted by Gasteiger charge is 2.34. The van der Waals surface area contributed by atoms with Gasteiger partial charge in [-0.3, -0.25) is 8.37 Å². The molecule has 2 saturated carbocycles. The van der Waals surface area contributed by atoms with E-state index in [-0.39, 0.29) is 24.0 Å². The van der Waals surface area contributed by atoms with Gasteiger partial charge in [0, 0.05) is 0 Å². The molecule has 20 heavy (non-hydrogen) atoms. The third-order valence-corrected chi connectivity index (χ3v) is 6.61. The first-order chi connectivity index (χ1) is 9.19. The Balaban J connectivity index is 1.79. The van der Waals surface area contributed by atoms with Gasteiger partial charge in [-0.15, -0.1) is 0 Å². The van der Waals surface area contributed by atoms with Gasteiger partial charge in [0.1, 0.15) is 0 Å². The molecule has 2 aliphatic rings. The van der Waals surface area contributed by atoms with Gasteiger partial charge in [0.15, 0.2) is 0 Å². The molecule has 0 bridgehead atoms. The van der Waals surface area contributed by atoms with E-state index in [9.17, 15) is 16.8 Å². The van der Waals surface area contributed by atoms with Crippen molar-refractivity contribution in [2.24, 2.45) is 11.8 Å². The Labute approximate surface area is 121 Å². The van der Waals surface area contributed by atoms with E-state index < -0.39 is 31.7 Å². The molecule has 2 atom stereocenters. The summed E-state index contributed by atoms with van der Waals surface area (Å²) >= 11 is 0. The molecule has 0 aromatic rings. The van der Waals surface area contributed by atoms with Crippen LogP contribution in [0.2, 0.25) is 0 Å². The summed E-state index contributed by atoms with van der Waals surface area (Å²) in [4.78, 5) is 0. The first-order valence-electron chi connectivity index (χ1n) is 7.00. The van der Waals surface area contributed by atoms with Gasteiger partial charge in [-0.2, -0.15) is 16.8 Å². The van der Waals surface area contributed by atoms with E-state index >= 15 is 0 Å². The third kappa shape index (κ3) is 5.31. The maximum absolute atomic E-state index is 11.7. The van der Waals surface area contributed by atoms with Crippen LogP contribution in [0.4, 0.5) is 0 Å². The fraction of sp³-hybridized carbons (Fsp3) is 1.00. The van der Waals surface area contributed by atoms with Crippen LogP contribution in [0.5, 0.6) is 0 Å². The molecular formula is C12H22O6S2. The van der Waals surface area contributed by atoms with Crippen molar-refractivity contribution in [3.8, 4) is 0 Å². The van der Waals surface area contributed by atoms with Crippen molar-refractivity contribution in [1.82, 2.24) is 0 Å². The van der Waals surface area contributed by atoms with Gasteiger partial charge in [0.2, 0.25) is 0 Å². The number of hydrogen-bond acceptors (Lipinski definition) is 6. The quantitative estimate of drug-likeness (QED) is 0.593. The molecule has 0 aliphatic heterocycles. The van der Waals surface area contributed by atoms with Gasteiger partial charge in [-0.05, 0) is 51.4 Å². The average molecular weight is 326 g/mol. The summed E-state index contributed by atoms with van der Waals surface area (Å²) in [5, 5.41) is 0. The summed E-state index contributed by atoms with van der Waals surface area (Å²) in [5.74, 6) is -0.534. The molecule has 0 saturated heterocycles. The van der Waals surface area contributed by atoms with Gasteiger partial charge in [-0.25, -0.2) is 0 Å². The maximum atomic E-state index is 11.7. The van der Waals surface area contributed by atoms with Crippen LogP contribution in [-0.2, 0) is 28.6 Å². The molecule has 0 aromatic carbocycles. The Kier molecular flexibility index (Phi) is 4.78. The molecular weight excluding hydrogens is 304 g/mol. The van der Waals surface area contributed by atoms with E-state index in [1.54, 1.807) is 13.8 Å². The van der Waals surface area contributed by atoms with Crippen LogP contribution in [0.1, 0.15) is 39.5 Å². The van der Waals surface area contributed by atoms with E-state index in [0.29, 0.717) is 0 Å². The molecule has 2 unspecified atom stereocenters. The van der Waals surface area contributed by atoms with Crippen molar-refractivity contribution in [3.63, 3.8) is 0 Å². The predicted octanol–water partition coefficient (Wildman–Crippen LogP) is 1.28. The van der Waals surface area contributed by atoms with Crippen molar-refractivity contribution < 1.29 is 25.2 Å². The van der Waals surface area contributed by atoms with Crippen molar-refractivity contribution in [2.75, 3.05) is 11.5 Å². The van der Waals surface area contributed by atoms with Crippen molar-refractivity contribution in [1.29, 1.82) is 0 Å². The van der Waals surface area contributed by atoms with E-state index in [1.807, 2.05) is 0 Å². The first kappa shape index (κ1) is 16.2. The normalized spacial score (nSPS) is 23.5. The number of rotatable bonds is 9. The lowest BCUT2D eigenvalue weighted by Gasteiger charge is -2.14. The average Bonchev–Trinajstić information content (AvgIpc) is 3.17. The molecule has 0 amide bonds. The van der Waals surface area contributed by atoms with Crippen molar-refractivity contribution >= 4 is 20.2 Å². The van der Waals surface area contributed by atoms with Crippen LogP contribution in [-0.4, -0.2) is 40.5 Å². The minimum Gasteiger partial charge on any atom is -0.267 e. The van der Waals surface area contributed by atoms with Crippen molar-refractivity contribution in [2.45, 2.75) is 51.7 Å². The lowest BCUT2D eigenvalue weighted by atomic mass is 10.3. The summed E-state index contributed by atoms with van der Waals surface area (Å²) in [6, 6.07) is 0. The fourth-order valence-corrected chi connectivity index (χ4v) is 5.12. The Bertz CT molecular complexity index is 480. The Morgan fingerprint density at radius 2 is 1.10 bits per heavy atom. The molecule has 0 spiro atoms. The van der Waals surface area contributed by atoms with Crippen LogP contribution in [0, 0.1) is 11.8 Å². The molecule has 0 aromatic heterocycles. The zero-order valence-corrected chi connectivity index (χ0v) is 13.5. The summed E-state index contributed by atoms with van der Waals surface area (Å²) in [6.45, 7) is 3.41. The monoisotopic (exact) mass is 326 g/mol. The highest BCUT2D eigenvalue weighted by molar-refractivity contribution is 7.90. The van der Waals surface area contributed by atoms with Gasteiger partial charge >= 0.3 is 0 Å². The van der Waals surface area contributed by atoms with Gasteiger partial charge < -0.3 is 0 Å². The van der Waals surface area contributed by atoms with Crippen LogP contribution in [0.15, 0.2) is 0 Å². The van der Waals surface area contributed by atoms with Crippen molar-refractivity contribution in [3.05, 3.63) is 0 Å². The molecule has 0 heterocycles. The van der Waals surface area contributed by atoms with E-state index in [0.717, 1.165) is 25.7 Å². The Morgan fingerprint density at radius 3 is 1.35 bits per heavy atom. The van der Waals surface area contributed by atoms with E-state index in [4.69, 9.17) is 8.37 Å². The fourth-order valence-electron chi connectivity index (χ4n) is 2.05. The highest BCUT2D eigenvalue weighted by atomic mass is 32.2. The standard InChI is InChI=1S/C12H22O6S2/c1-9(11-3-4-11)17-19(13,14)7-8-20(15,16)18-10(2)12-5-6-12/h9-12H,3-8H2,1-2H3. The molecule has 0 radical (unpaired) electrons. The Morgan fingerprint density at radius 1 is 0.800 bits per heavy atom. The van der Waals surface area contributed by atoms with Gasteiger partial charge in [-0.1, -0.05) is 0 Å². The van der Waals surface area contributed by atoms with Crippen LogP contribution in [0.3, 0.4) is 0 Å². The largest absolute Gasteiger partial charge is 0.268 e. The molecule has 118 valence electrons. The molecule has 2 rings (SSSR count). The second kappa shape index (κ2) is 5.90. The summed E-state index contributed by atoms with van der Waals surface area (Å²) < 4.78 is 56.8. The third-order valence-electron chi connectivity index (χ3n) is 3.75. The van der Waals surface area contributed by atoms with Gasteiger partial charge in [0.05, 0.1) is 23.7 Å².